The van der Waals surface area contributed by atoms with Crippen LogP contribution >= 0.6 is 7.60 Å². The second kappa shape index (κ2) is 9.67. The van der Waals surface area contributed by atoms with Crippen LogP contribution in [-0.4, -0.2) is 40.0 Å². The highest BCUT2D eigenvalue weighted by atomic mass is 31.2. The highest BCUT2D eigenvalue weighted by Crippen LogP contribution is 2.61. The molecule has 0 saturated heterocycles. The van der Waals surface area contributed by atoms with E-state index in [1.807, 2.05) is 0 Å². The van der Waals surface area contributed by atoms with Gasteiger partial charge < -0.3 is 23.3 Å². The number of hydrogen-bond donors (Lipinski definition) is 0. The van der Waals surface area contributed by atoms with Crippen LogP contribution in [0.4, 0.5) is 0 Å². The topological polar surface area (TPSA) is 80.3 Å². The second-order valence-corrected chi connectivity index (χ2v) is 6.76. The van der Waals surface area contributed by atoms with Crippen LogP contribution < -0.4 is 9.47 Å². The van der Waals surface area contributed by atoms with Crippen LogP contribution in [0.5, 0.6) is 11.5 Å². The fourth-order valence-corrected chi connectivity index (χ4v) is 4.19. The quantitative estimate of drug-likeness (QED) is 0.466. The largest absolute Gasteiger partial charge is 0.493 e. The minimum absolute atomic E-state index is 0.139. The maximum Gasteiger partial charge on any atom is 0.349 e. The van der Waals surface area contributed by atoms with Gasteiger partial charge in [-0.15, -0.1) is 0 Å². The molecule has 1 aromatic carbocycles. The Hall–Kier alpha value is -1.56. The lowest BCUT2D eigenvalue weighted by atomic mass is 10.1. The minimum Gasteiger partial charge on any atom is -0.493 e. The summed E-state index contributed by atoms with van der Waals surface area (Å²) in [6.07, 6.45) is 0. The van der Waals surface area contributed by atoms with Gasteiger partial charge in [0.25, 0.3) is 0 Å². The molecule has 0 aliphatic rings. The van der Waals surface area contributed by atoms with E-state index in [0.717, 1.165) is 0 Å². The molecule has 8 heteroatoms. The van der Waals surface area contributed by atoms with E-state index in [1.54, 1.807) is 39.0 Å². The highest BCUT2D eigenvalue weighted by Gasteiger charge is 2.44. The average molecular weight is 360 g/mol. The first-order valence-electron chi connectivity index (χ1n) is 7.74. The average Bonchev–Trinajstić information content (AvgIpc) is 2.55. The van der Waals surface area contributed by atoms with Gasteiger partial charge >= 0.3 is 13.6 Å². The van der Waals surface area contributed by atoms with Crippen molar-refractivity contribution in [3.63, 3.8) is 0 Å². The standard InChI is InChI=1S/C16H25O7P/c1-6-21-16(17)15(24(18,22-7-2)23-8-3)12-9-10-13(19-4)14(11-12)20-5/h9-11,15H,6-8H2,1-5H3. The third-order valence-electron chi connectivity index (χ3n) is 3.17. The molecule has 0 bridgehead atoms. The van der Waals surface area contributed by atoms with Gasteiger partial charge in [-0.05, 0) is 38.5 Å². The Bertz CT molecular complexity index is 578. The van der Waals surface area contributed by atoms with E-state index in [-0.39, 0.29) is 19.8 Å². The monoisotopic (exact) mass is 360 g/mol. The van der Waals surface area contributed by atoms with Crippen molar-refractivity contribution in [1.82, 2.24) is 0 Å². The maximum absolute atomic E-state index is 13.2. The molecule has 1 aromatic rings. The van der Waals surface area contributed by atoms with Crippen LogP contribution in [0.2, 0.25) is 0 Å². The molecule has 0 amide bonds. The normalized spacial score (nSPS) is 12.5. The van der Waals surface area contributed by atoms with Crippen molar-refractivity contribution in [1.29, 1.82) is 0 Å². The van der Waals surface area contributed by atoms with E-state index in [2.05, 4.69) is 0 Å². The zero-order valence-corrected chi connectivity index (χ0v) is 15.6. The van der Waals surface area contributed by atoms with E-state index >= 15 is 0 Å². The lowest BCUT2D eigenvalue weighted by Crippen LogP contribution is -2.19. The Balaban J connectivity index is 3.42. The van der Waals surface area contributed by atoms with Gasteiger partial charge in [0.15, 0.2) is 17.2 Å². The fourth-order valence-electron chi connectivity index (χ4n) is 2.24. The summed E-state index contributed by atoms with van der Waals surface area (Å²) in [6.45, 7) is 5.47. The van der Waals surface area contributed by atoms with Gasteiger partial charge in [0.2, 0.25) is 0 Å². The highest BCUT2D eigenvalue weighted by molar-refractivity contribution is 7.55. The zero-order chi connectivity index (χ0) is 18.2. The first-order valence-corrected chi connectivity index (χ1v) is 9.35. The van der Waals surface area contributed by atoms with E-state index in [1.165, 1.54) is 14.2 Å². The molecule has 0 heterocycles. The van der Waals surface area contributed by atoms with Gasteiger partial charge in [0.1, 0.15) is 0 Å². The molecule has 1 atom stereocenters. The molecular weight excluding hydrogens is 335 g/mol. The van der Waals surface area contributed by atoms with Gasteiger partial charge in [-0.1, -0.05) is 6.07 Å². The van der Waals surface area contributed by atoms with Crippen molar-refractivity contribution >= 4 is 13.6 Å². The molecule has 1 unspecified atom stereocenters. The molecule has 0 aromatic heterocycles. The van der Waals surface area contributed by atoms with E-state index in [4.69, 9.17) is 23.3 Å². The lowest BCUT2D eigenvalue weighted by molar-refractivity contribution is -0.143. The molecule has 136 valence electrons. The number of carbonyl (C=O) groups excluding carboxylic acids is 1. The third kappa shape index (κ3) is 4.72. The number of ether oxygens (including phenoxy) is 3. The predicted molar refractivity (Wildman–Crippen MR) is 89.8 cm³/mol. The Morgan fingerprint density at radius 2 is 1.58 bits per heavy atom. The summed E-state index contributed by atoms with van der Waals surface area (Å²) in [5.41, 5.74) is -0.784. The van der Waals surface area contributed by atoms with Crippen LogP contribution in [0, 0.1) is 0 Å². The molecule has 0 aliphatic carbocycles. The summed E-state index contributed by atoms with van der Waals surface area (Å²) in [5.74, 6) is 0.227. The Kier molecular flexibility index (Phi) is 8.25. The fraction of sp³-hybridized carbons (Fsp3) is 0.562. The van der Waals surface area contributed by atoms with Crippen LogP contribution in [0.1, 0.15) is 32.0 Å². The van der Waals surface area contributed by atoms with Crippen molar-refractivity contribution in [2.45, 2.75) is 26.4 Å². The Morgan fingerprint density at radius 1 is 1.00 bits per heavy atom. The molecular formula is C16H25O7P. The number of carbonyl (C=O) groups is 1. The number of esters is 1. The molecule has 0 saturated carbocycles. The number of benzene rings is 1. The van der Waals surface area contributed by atoms with Gasteiger partial charge in [-0.3, -0.25) is 9.36 Å². The van der Waals surface area contributed by atoms with Crippen LogP contribution in [-0.2, 0) is 23.1 Å². The number of rotatable bonds is 10. The SMILES string of the molecule is CCOC(=O)C(c1ccc(OC)c(OC)c1)P(=O)(OCC)OCC. The van der Waals surface area contributed by atoms with Crippen molar-refractivity contribution in [3.05, 3.63) is 23.8 Å². The predicted octanol–water partition coefficient (Wildman–Crippen LogP) is 3.57. The molecule has 0 spiro atoms. The Labute approximate surface area is 142 Å². The first kappa shape index (κ1) is 20.5. The van der Waals surface area contributed by atoms with E-state index in [9.17, 15) is 9.36 Å². The lowest BCUT2D eigenvalue weighted by Gasteiger charge is -2.25. The van der Waals surface area contributed by atoms with E-state index in [0.29, 0.717) is 17.1 Å². The molecule has 24 heavy (non-hydrogen) atoms. The van der Waals surface area contributed by atoms with Crippen molar-refractivity contribution in [2.24, 2.45) is 0 Å². The van der Waals surface area contributed by atoms with Crippen molar-refractivity contribution < 1.29 is 32.6 Å². The number of hydrogen-bond acceptors (Lipinski definition) is 7. The summed E-state index contributed by atoms with van der Waals surface area (Å²) in [6, 6.07) is 4.82. The minimum atomic E-state index is -3.76. The summed E-state index contributed by atoms with van der Waals surface area (Å²) >= 11 is 0. The van der Waals surface area contributed by atoms with Gasteiger partial charge in [-0.2, -0.15) is 0 Å². The summed E-state index contributed by atoms with van der Waals surface area (Å²) in [4.78, 5) is 12.5. The third-order valence-corrected chi connectivity index (χ3v) is 5.55. The van der Waals surface area contributed by atoms with Crippen molar-refractivity contribution in [3.8, 4) is 11.5 Å². The smallest absolute Gasteiger partial charge is 0.349 e. The number of methoxy groups -OCH3 is 2. The Morgan fingerprint density at radius 3 is 2.04 bits per heavy atom. The molecule has 1 rings (SSSR count). The van der Waals surface area contributed by atoms with Crippen LogP contribution in [0.25, 0.3) is 0 Å². The molecule has 7 nitrogen and oxygen atoms in total. The van der Waals surface area contributed by atoms with Gasteiger partial charge in [-0.25, -0.2) is 0 Å². The second-order valence-electron chi connectivity index (χ2n) is 4.64. The van der Waals surface area contributed by atoms with Crippen LogP contribution in [0.3, 0.4) is 0 Å². The maximum atomic E-state index is 13.2. The van der Waals surface area contributed by atoms with Crippen molar-refractivity contribution in [2.75, 3.05) is 34.0 Å². The summed E-state index contributed by atoms with van der Waals surface area (Å²) < 4.78 is 39.4. The molecule has 0 fully saturated rings. The molecule has 0 radical (unpaired) electrons. The molecule has 0 aliphatic heterocycles. The summed E-state index contributed by atoms with van der Waals surface area (Å²) in [7, 11) is -0.779. The van der Waals surface area contributed by atoms with E-state index < -0.39 is 19.2 Å². The van der Waals surface area contributed by atoms with Gasteiger partial charge in [0.05, 0.1) is 34.0 Å². The zero-order valence-electron chi connectivity index (χ0n) is 14.7. The first-order chi connectivity index (χ1) is 11.5. The summed E-state index contributed by atoms with van der Waals surface area (Å²) in [5, 5.41) is 0. The van der Waals surface area contributed by atoms with Gasteiger partial charge in [0, 0.05) is 0 Å². The van der Waals surface area contributed by atoms with Crippen LogP contribution in [0.15, 0.2) is 18.2 Å². The molecule has 0 N–H and O–H groups in total.